The van der Waals surface area contributed by atoms with Crippen LogP contribution in [0.15, 0.2) is 29.2 Å². The highest BCUT2D eigenvalue weighted by Crippen LogP contribution is 2.27. The fourth-order valence-corrected chi connectivity index (χ4v) is 2.51. The molecule has 0 N–H and O–H groups in total. The molecule has 1 aromatic carbocycles. The number of carbonyl (C=O) groups is 1. The summed E-state index contributed by atoms with van der Waals surface area (Å²) in [5, 5.41) is 0. The normalized spacial score (nSPS) is 11.8. The van der Waals surface area contributed by atoms with Crippen molar-refractivity contribution in [1.29, 1.82) is 0 Å². The summed E-state index contributed by atoms with van der Waals surface area (Å²) in [6.07, 6.45) is 2.69. The monoisotopic (exact) mass is 299 g/mol. The highest BCUT2D eigenvalue weighted by atomic mass is 32.2. The SMILES string of the molecule is COC(=O)/C=C/c1ccc(OC)c(S(=O)(=O)N(C)C)c1. The van der Waals surface area contributed by atoms with E-state index in [-0.39, 0.29) is 10.6 Å². The number of methoxy groups -OCH3 is 2. The largest absolute Gasteiger partial charge is 0.495 e. The van der Waals surface area contributed by atoms with Crippen molar-refractivity contribution in [1.82, 2.24) is 4.31 Å². The zero-order chi connectivity index (χ0) is 15.3. The maximum Gasteiger partial charge on any atom is 0.330 e. The Labute approximate surface area is 118 Å². The van der Waals surface area contributed by atoms with E-state index in [1.807, 2.05) is 0 Å². The summed E-state index contributed by atoms with van der Waals surface area (Å²) in [4.78, 5) is 11.1. The summed E-state index contributed by atoms with van der Waals surface area (Å²) in [7, 11) is 1.91. The lowest BCUT2D eigenvalue weighted by Crippen LogP contribution is -2.22. The van der Waals surface area contributed by atoms with E-state index >= 15 is 0 Å². The van der Waals surface area contributed by atoms with Crippen LogP contribution in [0.25, 0.3) is 6.08 Å². The Kier molecular flexibility index (Phi) is 5.29. The Morgan fingerprint density at radius 2 is 1.90 bits per heavy atom. The quantitative estimate of drug-likeness (QED) is 0.602. The maximum absolute atomic E-state index is 12.2. The van der Waals surface area contributed by atoms with Gasteiger partial charge in [-0.3, -0.25) is 0 Å². The fraction of sp³-hybridized carbons (Fsp3) is 0.308. The first-order valence-corrected chi connectivity index (χ1v) is 7.13. The Hall–Kier alpha value is -1.86. The van der Waals surface area contributed by atoms with Gasteiger partial charge in [0.25, 0.3) is 0 Å². The molecule has 0 heterocycles. The van der Waals surface area contributed by atoms with Gasteiger partial charge in [-0.25, -0.2) is 17.5 Å². The van der Waals surface area contributed by atoms with Gasteiger partial charge in [0.1, 0.15) is 10.6 Å². The molecule has 0 aliphatic heterocycles. The average molecular weight is 299 g/mol. The maximum atomic E-state index is 12.2. The van der Waals surface area contributed by atoms with Crippen LogP contribution in [0.1, 0.15) is 5.56 Å². The van der Waals surface area contributed by atoms with Crippen molar-refractivity contribution < 1.29 is 22.7 Å². The number of hydrogen-bond acceptors (Lipinski definition) is 5. The van der Waals surface area contributed by atoms with E-state index < -0.39 is 16.0 Å². The molecule has 6 nitrogen and oxygen atoms in total. The van der Waals surface area contributed by atoms with Crippen LogP contribution in [0.5, 0.6) is 5.75 Å². The van der Waals surface area contributed by atoms with E-state index in [1.165, 1.54) is 52.6 Å². The van der Waals surface area contributed by atoms with Gasteiger partial charge in [-0.15, -0.1) is 0 Å². The first-order valence-electron chi connectivity index (χ1n) is 5.69. The van der Waals surface area contributed by atoms with Crippen LogP contribution in [-0.4, -0.2) is 47.0 Å². The highest BCUT2D eigenvalue weighted by molar-refractivity contribution is 7.89. The Morgan fingerprint density at radius 3 is 2.40 bits per heavy atom. The van der Waals surface area contributed by atoms with Crippen molar-refractivity contribution >= 4 is 22.1 Å². The second-order valence-corrected chi connectivity index (χ2v) is 6.17. The van der Waals surface area contributed by atoms with Gasteiger partial charge in [-0.1, -0.05) is 6.07 Å². The van der Waals surface area contributed by atoms with Crippen LogP contribution in [0.2, 0.25) is 0 Å². The Bertz CT molecular complexity index is 620. The molecule has 0 fully saturated rings. The number of sulfonamides is 1. The highest BCUT2D eigenvalue weighted by Gasteiger charge is 2.22. The van der Waals surface area contributed by atoms with Gasteiger partial charge >= 0.3 is 5.97 Å². The molecule has 0 atom stereocenters. The summed E-state index contributed by atoms with van der Waals surface area (Å²) >= 11 is 0. The molecular formula is C13H17NO5S. The van der Waals surface area contributed by atoms with Crippen molar-refractivity contribution in [3.05, 3.63) is 29.8 Å². The van der Waals surface area contributed by atoms with Crippen LogP contribution in [0.3, 0.4) is 0 Å². The summed E-state index contributed by atoms with van der Waals surface area (Å²) in [5.74, 6) is -0.272. The van der Waals surface area contributed by atoms with E-state index in [9.17, 15) is 13.2 Å². The smallest absolute Gasteiger partial charge is 0.330 e. The molecule has 0 saturated carbocycles. The number of ether oxygens (including phenoxy) is 2. The average Bonchev–Trinajstić information content (AvgIpc) is 2.44. The molecule has 7 heteroatoms. The van der Waals surface area contributed by atoms with Crippen molar-refractivity contribution in [2.45, 2.75) is 4.90 Å². The zero-order valence-corrected chi connectivity index (χ0v) is 12.6. The van der Waals surface area contributed by atoms with Crippen LogP contribution in [0, 0.1) is 0 Å². The molecule has 0 amide bonds. The molecule has 20 heavy (non-hydrogen) atoms. The Balaban J connectivity index is 3.30. The second kappa shape index (κ2) is 6.53. The third-order valence-corrected chi connectivity index (χ3v) is 4.40. The van der Waals surface area contributed by atoms with Crippen LogP contribution in [-0.2, 0) is 19.6 Å². The lowest BCUT2D eigenvalue weighted by molar-refractivity contribution is -0.134. The first kappa shape index (κ1) is 16.2. The summed E-state index contributed by atoms with van der Waals surface area (Å²) in [6.45, 7) is 0. The van der Waals surface area contributed by atoms with E-state index in [0.717, 1.165) is 4.31 Å². The second-order valence-electron chi connectivity index (χ2n) is 4.05. The molecular weight excluding hydrogens is 282 g/mol. The lowest BCUT2D eigenvalue weighted by atomic mass is 10.2. The van der Waals surface area contributed by atoms with Crippen molar-refractivity contribution in [3.63, 3.8) is 0 Å². The van der Waals surface area contributed by atoms with E-state index in [0.29, 0.717) is 5.56 Å². The standard InChI is InChI=1S/C13H17NO5S/c1-14(2)20(16,17)12-9-10(5-7-11(12)18-3)6-8-13(15)19-4/h5-9H,1-4H3/b8-6+. The number of carbonyl (C=O) groups excluding carboxylic acids is 1. The van der Waals surface area contributed by atoms with Crippen molar-refractivity contribution in [2.75, 3.05) is 28.3 Å². The minimum absolute atomic E-state index is 0.0389. The fourth-order valence-electron chi connectivity index (χ4n) is 1.43. The number of hydrogen-bond donors (Lipinski definition) is 0. The molecule has 0 aliphatic rings. The molecule has 1 aromatic rings. The minimum Gasteiger partial charge on any atom is -0.495 e. The molecule has 1 rings (SSSR count). The predicted octanol–water partition coefficient (Wildman–Crippen LogP) is 1.13. The lowest BCUT2D eigenvalue weighted by Gasteiger charge is -2.14. The predicted molar refractivity (Wildman–Crippen MR) is 74.9 cm³/mol. The third-order valence-electron chi connectivity index (χ3n) is 2.56. The van der Waals surface area contributed by atoms with Gasteiger partial charge in [-0.05, 0) is 23.8 Å². The summed E-state index contributed by atoms with van der Waals surface area (Å²) in [6, 6.07) is 4.62. The molecule has 0 saturated heterocycles. The molecule has 0 spiro atoms. The van der Waals surface area contributed by atoms with Crippen LogP contribution in [0.4, 0.5) is 0 Å². The van der Waals surface area contributed by atoms with Gasteiger partial charge in [0.05, 0.1) is 14.2 Å². The topological polar surface area (TPSA) is 72.9 Å². The number of esters is 1. The number of nitrogens with zero attached hydrogens (tertiary/aromatic N) is 1. The number of benzene rings is 1. The minimum atomic E-state index is -3.63. The van der Waals surface area contributed by atoms with Gasteiger partial charge in [0.15, 0.2) is 0 Å². The van der Waals surface area contributed by atoms with Crippen molar-refractivity contribution in [3.8, 4) is 5.75 Å². The van der Waals surface area contributed by atoms with E-state index in [1.54, 1.807) is 6.07 Å². The summed E-state index contributed by atoms with van der Waals surface area (Å²) < 4.78 is 35.0. The molecule has 0 radical (unpaired) electrons. The zero-order valence-electron chi connectivity index (χ0n) is 11.8. The summed E-state index contributed by atoms with van der Waals surface area (Å²) in [5.41, 5.74) is 0.552. The van der Waals surface area contributed by atoms with Crippen LogP contribution < -0.4 is 4.74 Å². The Morgan fingerprint density at radius 1 is 1.25 bits per heavy atom. The molecule has 0 unspecified atom stereocenters. The van der Waals surface area contributed by atoms with Crippen molar-refractivity contribution in [2.24, 2.45) is 0 Å². The van der Waals surface area contributed by atoms with Gasteiger partial charge in [-0.2, -0.15) is 0 Å². The van der Waals surface area contributed by atoms with E-state index in [2.05, 4.69) is 4.74 Å². The molecule has 0 aliphatic carbocycles. The third kappa shape index (κ3) is 3.58. The van der Waals surface area contributed by atoms with Gasteiger partial charge < -0.3 is 9.47 Å². The molecule has 110 valence electrons. The first-order chi connectivity index (χ1) is 9.32. The van der Waals surface area contributed by atoms with Crippen LogP contribution >= 0.6 is 0 Å². The van der Waals surface area contributed by atoms with Gasteiger partial charge in [0, 0.05) is 20.2 Å². The number of rotatable bonds is 5. The molecule has 0 aromatic heterocycles. The van der Waals surface area contributed by atoms with Gasteiger partial charge in [0.2, 0.25) is 10.0 Å². The van der Waals surface area contributed by atoms with E-state index in [4.69, 9.17) is 4.74 Å². The molecule has 0 bridgehead atoms.